The van der Waals surface area contributed by atoms with Gasteiger partial charge in [0, 0.05) is 31.2 Å². The van der Waals surface area contributed by atoms with E-state index in [4.69, 9.17) is 5.73 Å². The Kier molecular flexibility index (Phi) is 11.6. The van der Waals surface area contributed by atoms with Crippen molar-refractivity contribution in [2.45, 2.75) is 37.4 Å². The summed E-state index contributed by atoms with van der Waals surface area (Å²) in [5.74, 6) is -3.91. The van der Waals surface area contributed by atoms with Gasteiger partial charge in [0.15, 0.2) is 0 Å². The summed E-state index contributed by atoms with van der Waals surface area (Å²) in [6.45, 7) is -1.02. The molecule has 1 heterocycles. The van der Waals surface area contributed by atoms with E-state index in [2.05, 4.69) is 31.2 Å². The summed E-state index contributed by atoms with van der Waals surface area (Å²) in [4.78, 5) is 68.6. The lowest BCUT2D eigenvalue weighted by molar-refractivity contribution is -0.141. The summed E-state index contributed by atoms with van der Waals surface area (Å²) in [6.07, 6.45) is 3.23. The van der Waals surface area contributed by atoms with Crippen molar-refractivity contribution in [3.8, 4) is 5.75 Å². The predicted octanol–water partition coefficient (Wildman–Crippen LogP) is -1.24. The molecular weight excluding hydrogens is 546 g/mol. The molecule has 0 fully saturated rings. The number of hydrogen-bond acceptors (Lipinski definition) is 8. The van der Waals surface area contributed by atoms with E-state index in [-0.39, 0.29) is 25.0 Å². The zero-order valence-corrected chi connectivity index (χ0v) is 22.6. The van der Waals surface area contributed by atoms with Crippen molar-refractivity contribution < 1.29 is 34.2 Å². The molecule has 4 amide bonds. The Morgan fingerprint density at radius 3 is 2.07 bits per heavy atom. The Balaban J connectivity index is 1.52. The summed E-state index contributed by atoms with van der Waals surface area (Å²) in [6, 6.07) is 11.5. The zero-order chi connectivity index (χ0) is 30.5. The summed E-state index contributed by atoms with van der Waals surface area (Å²) in [7, 11) is 0. The molecule has 9 N–H and O–H groups in total. The number of H-pyrrole nitrogens is 1. The highest BCUT2D eigenvalue weighted by molar-refractivity contribution is 5.93. The second-order valence-corrected chi connectivity index (χ2v) is 9.46. The molecule has 0 aliphatic rings. The quantitative estimate of drug-likeness (QED) is 0.107. The van der Waals surface area contributed by atoms with Crippen molar-refractivity contribution in [1.82, 2.24) is 31.2 Å². The first kappa shape index (κ1) is 31.3. The lowest BCUT2D eigenvalue weighted by atomic mass is 10.0. The van der Waals surface area contributed by atoms with Gasteiger partial charge in [-0.1, -0.05) is 42.5 Å². The standard InChI is InChI=1S/C28H33N7O7/c29-21(12-19-13-30-16-33-19)26(39)35-22(10-18-6-8-20(36)9-7-18)27(40)32-14-24(37)31-15-25(38)34-23(28(41)42)11-17-4-2-1-3-5-17/h1-9,13,16,21-23,36H,10-12,14-15,29H2,(H,30,33)(H,31,37)(H,32,40)(H,34,38)(H,35,39)(H,41,42)/t21-,22-,23-/m0/s1. The molecule has 3 atom stereocenters. The van der Waals surface area contributed by atoms with Gasteiger partial charge in [-0.25, -0.2) is 9.78 Å². The van der Waals surface area contributed by atoms with Crippen molar-refractivity contribution in [1.29, 1.82) is 0 Å². The molecule has 14 heteroatoms. The number of nitrogens with zero attached hydrogens (tertiary/aromatic N) is 1. The third kappa shape index (κ3) is 10.4. The van der Waals surface area contributed by atoms with Crippen molar-refractivity contribution in [2.24, 2.45) is 5.73 Å². The van der Waals surface area contributed by atoms with Crippen LogP contribution in [0.5, 0.6) is 5.75 Å². The number of nitrogens with two attached hydrogens (primary N) is 1. The van der Waals surface area contributed by atoms with Gasteiger partial charge >= 0.3 is 5.97 Å². The molecule has 0 unspecified atom stereocenters. The van der Waals surface area contributed by atoms with Gasteiger partial charge in [-0.2, -0.15) is 0 Å². The highest BCUT2D eigenvalue weighted by Gasteiger charge is 2.25. The summed E-state index contributed by atoms with van der Waals surface area (Å²) >= 11 is 0. The second-order valence-electron chi connectivity index (χ2n) is 9.46. The molecular formula is C28H33N7O7. The first-order chi connectivity index (χ1) is 20.1. The molecule has 2 aromatic carbocycles. The molecule has 3 aromatic rings. The van der Waals surface area contributed by atoms with Gasteiger partial charge in [0.05, 0.1) is 25.5 Å². The number of amides is 4. The third-order valence-electron chi connectivity index (χ3n) is 6.13. The molecule has 0 aliphatic carbocycles. The maximum Gasteiger partial charge on any atom is 0.326 e. The highest BCUT2D eigenvalue weighted by Crippen LogP contribution is 2.12. The van der Waals surface area contributed by atoms with Crippen LogP contribution in [-0.4, -0.2) is 81.0 Å². The smallest absolute Gasteiger partial charge is 0.326 e. The summed E-state index contributed by atoms with van der Waals surface area (Å²) < 4.78 is 0. The molecule has 0 aliphatic heterocycles. The van der Waals surface area contributed by atoms with Gasteiger partial charge < -0.3 is 42.2 Å². The van der Waals surface area contributed by atoms with E-state index in [0.29, 0.717) is 16.8 Å². The average molecular weight is 580 g/mol. The van der Waals surface area contributed by atoms with Gasteiger partial charge in [-0.3, -0.25) is 19.2 Å². The van der Waals surface area contributed by atoms with Gasteiger partial charge in [0.1, 0.15) is 17.8 Å². The number of aromatic nitrogens is 2. The van der Waals surface area contributed by atoms with Crippen LogP contribution in [0.25, 0.3) is 0 Å². The number of carboxylic acids is 1. The number of imidazole rings is 1. The van der Waals surface area contributed by atoms with E-state index in [9.17, 15) is 34.2 Å². The number of benzene rings is 2. The van der Waals surface area contributed by atoms with Crippen LogP contribution in [0, 0.1) is 0 Å². The monoisotopic (exact) mass is 579 g/mol. The number of phenolic OH excluding ortho intramolecular Hbond substituents is 1. The van der Waals surface area contributed by atoms with Crippen molar-refractivity contribution >= 4 is 29.6 Å². The number of rotatable bonds is 15. The van der Waals surface area contributed by atoms with Crippen molar-refractivity contribution in [3.63, 3.8) is 0 Å². The molecule has 1 aromatic heterocycles. The van der Waals surface area contributed by atoms with Gasteiger partial charge in [0.2, 0.25) is 23.6 Å². The molecule has 42 heavy (non-hydrogen) atoms. The molecule has 0 bridgehead atoms. The lowest BCUT2D eigenvalue weighted by Crippen LogP contribution is -2.54. The van der Waals surface area contributed by atoms with Gasteiger partial charge in [-0.05, 0) is 23.3 Å². The fourth-order valence-corrected chi connectivity index (χ4v) is 3.91. The van der Waals surface area contributed by atoms with E-state index in [1.54, 1.807) is 42.5 Å². The Labute approximate surface area is 241 Å². The molecule has 14 nitrogen and oxygen atoms in total. The normalized spacial score (nSPS) is 12.8. The summed E-state index contributed by atoms with van der Waals surface area (Å²) in [5.41, 5.74) is 7.97. The van der Waals surface area contributed by atoms with Crippen molar-refractivity contribution in [2.75, 3.05) is 13.1 Å². The Morgan fingerprint density at radius 1 is 0.786 bits per heavy atom. The lowest BCUT2D eigenvalue weighted by Gasteiger charge is -2.21. The molecule has 0 radical (unpaired) electrons. The summed E-state index contributed by atoms with van der Waals surface area (Å²) in [5, 5.41) is 28.7. The van der Waals surface area contributed by atoms with Crippen LogP contribution in [0.4, 0.5) is 0 Å². The minimum Gasteiger partial charge on any atom is -0.508 e. The Bertz CT molecular complexity index is 1350. The predicted molar refractivity (Wildman–Crippen MR) is 150 cm³/mol. The first-order valence-corrected chi connectivity index (χ1v) is 13.0. The molecule has 0 saturated carbocycles. The van der Waals surface area contributed by atoms with E-state index < -0.39 is 60.8 Å². The van der Waals surface area contributed by atoms with E-state index in [1.807, 2.05) is 0 Å². The van der Waals surface area contributed by atoms with Crippen LogP contribution in [0.1, 0.15) is 16.8 Å². The van der Waals surface area contributed by atoms with Crippen LogP contribution >= 0.6 is 0 Å². The number of carboxylic acid groups (broad SMARTS) is 1. The Morgan fingerprint density at radius 2 is 1.43 bits per heavy atom. The largest absolute Gasteiger partial charge is 0.508 e. The van der Waals surface area contributed by atoms with Gasteiger partial charge in [0.25, 0.3) is 0 Å². The number of nitrogens with one attached hydrogen (secondary N) is 5. The molecule has 222 valence electrons. The van der Waals surface area contributed by atoms with Crippen LogP contribution in [0.2, 0.25) is 0 Å². The number of aromatic amines is 1. The van der Waals surface area contributed by atoms with Crippen LogP contribution in [0.3, 0.4) is 0 Å². The van der Waals surface area contributed by atoms with E-state index >= 15 is 0 Å². The number of aliphatic carboxylic acids is 1. The molecule has 3 rings (SSSR count). The maximum atomic E-state index is 13.0. The number of carbonyl (C=O) groups excluding carboxylic acids is 4. The van der Waals surface area contributed by atoms with Crippen LogP contribution < -0.4 is 27.0 Å². The highest BCUT2D eigenvalue weighted by atomic mass is 16.4. The zero-order valence-electron chi connectivity index (χ0n) is 22.6. The van der Waals surface area contributed by atoms with E-state index in [1.165, 1.54) is 24.7 Å². The SMILES string of the molecule is N[C@@H](Cc1cnc[nH]1)C(=O)N[C@@H](Cc1ccc(O)cc1)C(=O)NCC(=O)NCC(=O)N[C@@H](Cc1ccccc1)C(=O)O. The fraction of sp³-hybridized carbons (Fsp3) is 0.286. The number of carbonyl (C=O) groups is 5. The second kappa shape index (κ2) is 15.5. The fourth-order valence-electron chi connectivity index (χ4n) is 3.91. The average Bonchev–Trinajstić information content (AvgIpc) is 3.48. The Hall–Kier alpha value is -5.24. The third-order valence-corrected chi connectivity index (χ3v) is 6.13. The van der Waals surface area contributed by atoms with E-state index in [0.717, 1.165) is 0 Å². The number of phenols is 1. The maximum absolute atomic E-state index is 13.0. The number of hydrogen-bond donors (Lipinski definition) is 8. The molecule has 0 saturated heterocycles. The topological polar surface area (TPSA) is 229 Å². The van der Waals surface area contributed by atoms with Gasteiger partial charge in [-0.15, -0.1) is 0 Å². The van der Waals surface area contributed by atoms with Crippen molar-refractivity contribution in [3.05, 3.63) is 83.9 Å². The minimum atomic E-state index is -1.23. The number of aromatic hydroxyl groups is 1. The first-order valence-electron chi connectivity index (χ1n) is 13.0. The molecule has 0 spiro atoms. The minimum absolute atomic E-state index is 0.0285. The van der Waals surface area contributed by atoms with Crippen LogP contribution in [-0.2, 0) is 43.2 Å². The van der Waals surface area contributed by atoms with Crippen LogP contribution in [0.15, 0.2) is 67.1 Å².